The lowest BCUT2D eigenvalue weighted by atomic mass is 10.1. The molecule has 1 amide bonds. The molecule has 94 valence electrons. The first-order valence-electron chi connectivity index (χ1n) is 5.12. The molecule has 2 rings (SSSR count). The lowest BCUT2D eigenvalue weighted by molar-refractivity contribution is -0.116. The molecule has 0 atom stereocenters. The van der Waals surface area contributed by atoms with E-state index >= 15 is 0 Å². The Labute approximate surface area is 107 Å². The molecule has 0 aromatic heterocycles. The molecular weight excluding hydrogens is 257 g/mol. The van der Waals surface area contributed by atoms with E-state index < -0.39 is 5.82 Å². The number of hydrogen-bond acceptors (Lipinski definition) is 5. The topological polar surface area (TPSA) is 74.0 Å². The summed E-state index contributed by atoms with van der Waals surface area (Å²) >= 11 is 1.26. The highest BCUT2D eigenvalue weighted by Crippen LogP contribution is 2.10. The molecule has 1 aliphatic rings. The third-order valence-electron chi connectivity index (χ3n) is 2.19. The van der Waals surface area contributed by atoms with Crippen LogP contribution in [0.2, 0.25) is 0 Å². The van der Waals surface area contributed by atoms with Crippen LogP contribution in [0.4, 0.5) is 4.39 Å². The highest BCUT2D eigenvalue weighted by atomic mass is 32.2. The molecule has 7 heteroatoms. The fourth-order valence-electron chi connectivity index (χ4n) is 1.30. The van der Waals surface area contributed by atoms with Crippen LogP contribution in [0.15, 0.2) is 28.4 Å². The standard InChI is InChI=1S/C11H10FN3O2S/c12-9-3-7(1-2-8(9)5-16)4-13-15-11-14-10(17)6-18-11/h1-4,16H,5-6H2,(H,14,15,17). The Morgan fingerprint density at radius 1 is 1.56 bits per heavy atom. The van der Waals surface area contributed by atoms with Crippen LogP contribution in [-0.2, 0) is 11.4 Å². The van der Waals surface area contributed by atoms with Crippen molar-refractivity contribution < 1.29 is 14.3 Å². The van der Waals surface area contributed by atoms with Crippen molar-refractivity contribution in [3.05, 3.63) is 35.1 Å². The van der Waals surface area contributed by atoms with Gasteiger partial charge >= 0.3 is 0 Å². The molecule has 18 heavy (non-hydrogen) atoms. The highest BCUT2D eigenvalue weighted by molar-refractivity contribution is 8.15. The van der Waals surface area contributed by atoms with Crippen molar-refractivity contribution in [1.29, 1.82) is 0 Å². The maximum atomic E-state index is 13.3. The fourth-order valence-corrected chi connectivity index (χ4v) is 1.93. The molecule has 1 saturated heterocycles. The summed E-state index contributed by atoms with van der Waals surface area (Å²) in [7, 11) is 0. The predicted molar refractivity (Wildman–Crippen MR) is 68.0 cm³/mol. The van der Waals surface area contributed by atoms with Crippen molar-refractivity contribution in [2.24, 2.45) is 10.2 Å². The zero-order valence-corrected chi connectivity index (χ0v) is 10.1. The van der Waals surface area contributed by atoms with Crippen molar-refractivity contribution in [2.45, 2.75) is 6.61 Å². The zero-order valence-electron chi connectivity index (χ0n) is 9.26. The van der Waals surface area contributed by atoms with Gasteiger partial charge in [0.2, 0.25) is 5.91 Å². The van der Waals surface area contributed by atoms with Crippen LogP contribution >= 0.6 is 11.8 Å². The van der Waals surface area contributed by atoms with E-state index in [2.05, 4.69) is 15.5 Å². The van der Waals surface area contributed by atoms with Crippen LogP contribution in [0.1, 0.15) is 11.1 Å². The number of hydrogen-bond donors (Lipinski definition) is 2. The van der Waals surface area contributed by atoms with Gasteiger partial charge in [-0.05, 0) is 11.6 Å². The fraction of sp³-hybridized carbons (Fsp3) is 0.182. The van der Waals surface area contributed by atoms with E-state index in [4.69, 9.17) is 5.11 Å². The second-order valence-electron chi connectivity index (χ2n) is 3.50. The Morgan fingerprint density at radius 2 is 2.39 bits per heavy atom. The number of nitrogens with one attached hydrogen (secondary N) is 1. The molecule has 1 fully saturated rings. The normalized spacial score (nSPS) is 17.7. The number of amidine groups is 1. The molecule has 1 heterocycles. The van der Waals surface area contributed by atoms with Gasteiger partial charge < -0.3 is 10.4 Å². The molecule has 0 saturated carbocycles. The quantitative estimate of drug-likeness (QED) is 0.630. The molecule has 1 aromatic rings. The van der Waals surface area contributed by atoms with Gasteiger partial charge in [0.15, 0.2) is 5.17 Å². The number of rotatable bonds is 3. The number of thioether (sulfide) groups is 1. The number of carbonyl (C=O) groups excluding carboxylic acids is 1. The molecule has 0 bridgehead atoms. The van der Waals surface area contributed by atoms with Crippen LogP contribution in [0.3, 0.4) is 0 Å². The number of amides is 1. The van der Waals surface area contributed by atoms with Crippen LogP contribution in [0.5, 0.6) is 0 Å². The minimum Gasteiger partial charge on any atom is -0.392 e. The van der Waals surface area contributed by atoms with Gasteiger partial charge in [0.1, 0.15) is 5.82 Å². The molecule has 0 aliphatic carbocycles. The summed E-state index contributed by atoms with van der Waals surface area (Å²) in [5.41, 5.74) is 0.764. The molecule has 1 aromatic carbocycles. The lowest BCUT2D eigenvalue weighted by Crippen LogP contribution is -2.19. The van der Waals surface area contributed by atoms with Crippen LogP contribution in [0, 0.1) is 5.82 Å². The summed E-state index contributed by atoms with van der Waals surface area (Å²) in [6.45, 7) is -0.339. The van der Waals surface area contributed by atoms with E-state index in [1.54, 1.807) is 6.07 Å². The van der Waals surface area contributed by atoms with Gasteiger partial charge in [-0.1, -0.05) is 23.9 Å². The average molecular weight is 267 g/mol. The van der Waals surface area contributed by atoms with E-state index in [1.807, 2.05) is 0 Å². The van der Waals surface area contributed by atoms with Gasteiger partial charge in [0.05, 0.1) is 18.6 Å². The van der Waals surface area contributed by atoms with Crippen molar-refractivity contribution in [1.82, 2.24) is 5.32 Å². The molecule has 0 spiro atoms. The number of halogens is 1. The number of aliphatic hydroxyl groups excluding tert-OH is 1. The molecule has 2 N–H and O–H groups in total. The summed E-state index contributed by atoms with van der Waals surface area (Å²) in [6, 6.07) is 4.37. The summed E-state index contributed by atoms with van der Waals surface area (Å²) in [6.07, 6.45) is 1.38. The Kier molecular flexibility index (Phi) is 4.06. The van der Waals surface area contributed by atoms with Crippen molar-refractivity contribution in [3.63, 3.8) is 0 Å². The largest absolute Gasteiger partial charge is 0.392 e. The van der Waals surface area contributed by atoms with Crippen LogP contribution in [0.25, 0.3) is 0 Å². The first-order valence-corrected chi connectivity index (χ1v) is 6.10. The third kappa shape index (κ3) is 3.14. The monoisotopic (exact) mass is 267 g/mol. The first-order chi connectivity index (χ1) is 8.69. The zero-order chi connectivity index (χ0) is 13.0. The molecule has 1 aliphatic heterocycles. The van der Waals surface area contributed by atoms with E-state index in [1.165, 1.54) is 30.1 Å². The maximum absolute atomic E-state index is 13.3. The van der Waals surface area contributed by atoms with Gasteiger partial charge in [0.25, 0.3) is 0 Å². The van der Waals surface area contributed by atoms with Crippen LogP contribution in [-0.4, -0.2) is 28.1 Å². The molecule has 0 radical (unpaired) electrons. The maximum Gasteiger partial charge on any atom is 0.236 e. The second-order valence-corrected chi connectivity index (χ2v) is 4.46. The molecule has 5 nitrogen and oxygen atoms in total. The average Bonchev–Trinajstić information content (AvgIpc) is 2.75. The third-order valence-corrected chi connectivity index (χ3v) is 3.05. The number of aliphatic hydroxyl groups is 1. The Bertz CT molecular complexity index is 531. The van der Waals surface area contributed by atoms with Gasteiger partial charge in [-0.15, -0.1) is 5.10 Å². The summed E-state index contributed by atoms with van der Waals surface area (Å²) in [5, 5.41) is 19.3. The van der Waals surface area contributed by atoms with Crippen molar-refractivity contribution in [3.8, 4) is 0 Å². The molecular formula is C11H10FN3O2S. The van der Waals surface area contributed by atoms with Gasteiger partial charge in [0, 0.05) is 5.56 Å². The number of carbonyl (C=O) groups is 1. The van der Waals surface area contributed by atoms with E-state index in [0.717, 1.165) is 0 Å². The van der Waals surface area contributed by atoms with Gasteiger partial charge in [-0.3, -0.25) is 4.79 Å². The second kappa shape index (κ2) is 5.74. The SMILES string of the molecule is O=C1CSC(=NN=Cc2ccc(CO)c(F)c2)N1. The minimum absolute atomic E-state index is 0.104. The Hall–Kier alpha value is -1.73. The highest BCUT2D eigenvalue weighted by Gasteiger charge is 2.15. The number of nitrogens with zero attached hydrogens (tertiary/aromatic N) is 2. The summed E-state index contributed by atoms with van der Waals surface area (Å²) in [5.74, 6) is -0.251. The first kappa shape index (κ1) is 12.7. The Balaban J connectivity index is 2.05. The predicted octanol–water partition coefficient (Wildman–Crippen LogP) is 0.871. The van der Waals surface area contributed by atoms with Gasteiger partial charge in [-0.25, -0.2) is 4.39 Å². The molecule has 0 unspecified atom stereocenters. The number of benzene rings is 1. The van der Waals surface area contributed by atoms with Crippen LogP contribution < -0.4 is 5.32 Å². The minimum atomic E-state index is -0.488. The van der Waals surface area contributed by atoms with Crippen molar-refractivity contribution >= 4 is 29.1 Å². The summed E-state index contributed by atoms with van der Waals surface area (Å²) in [4.78, 5) is 10.9. The summed E-state index contributed by atoms with van der Waals surface area (Å²) < 4.78 is 13.3. The lowest BCUT2D eigenvalue weighted by Gasteiger charge is -1.99. The van der Waals surface area contributed by atoms with E-state index in [0.29, 0.717) is 16.5 Å². The smallest absolute Gasteiger partial charge is 0.236 e. The Morgan fingerprint density at radius 3 is 3.00 bits per heavy atom. The van der Waals surface area contributed by atoms with Gasteiger partial charge in [-0.2, -0.15) is 5.10 Å². The van der Waals surface area contributed by atoms with E-state index in [9.17, 15) is 9.18 Å². The van der Waals surface area contributed by atoms with Crippen molar-refractivity contribution in [2.75, 3.05) is 5.75 Å². The van der Waals surface area contributed by atoms with E-state index in [-0.39, 0.29) is 18.1 Å².